The third-order valence-corrected chi connectivity index (χ3v) is 3.88. The van der Waals surface area contributed by atoms with Crippen molar-refractivity contribution < 1.29 is 14.7 Å². The molecule has 0 heterocycles. The minimum absolute atomic E-state index is 0.185. The number of aryl methyl sites for hydroxylation is 1. The number of carbonyl (C=O) groups excluding carboxylic acids is 1. The Morgan fingerprint density at radius 1 is 1.42 bits per heavy atom. The fraction of sp³-hybridized carbons (Fsp3) is 0.429. The maximum Gasteiger partial charge on any atom is 0.311 e. The molecule has 2 rings (SSSR count). The first kappa shape index (κ1) is 13.4. The SMILES string of the molecule is Cc1cc(C(=O)NCC2(C(=O)O)CCC2)ccc1N. The molecule has 1 amide bonds. The number of rotatable bonds is 4. The Kier molecular flexibility index (Phi) is 3.46. The van der Waals surface area contributed by atoms with Crippen LogP contribution in [0, 0.1) is 12.3 Å². The summed E-state index contributed by atoms with van der Waals surface area (Å²) in [6, 6.07) is 5.03. The molecule has 0 bridgehead atoms. The molecule has 1 fully saturated rings. The lowest BCUT2D eigenvalue weighted by atomic mass is 9.69. The van der Waals surface area contributed by atoms with Gasteiger partial charge in [-0.2, -0.15) is 0 Å². The number of nitrogens with one attached hydrogen (secondary N) is 1. The Hall–Kier alpha value is -2.04. The van der Waals surface area contributed by atoms with E-state index in [1.165, 1.54) is 0 Å². The van der Waals surface area contributed by atoms with Gasteiger partial charge in [0, 0.05) is 17.8 Å². The summed E-state index contributed by atoms with van der Waals surface area (Å²) in [5.74, 6) is -1.08. The van der Waals surface area contributed by atoms with Crippen molar-refractivity contribution >= 4 is 17.6 Å². The van der Waals surface area contributed by atoms with E-state index in [0.29, 0.717) is 24.1 Å². The van der Waals surface area contributed by atoms with E-state index in [1.54, 1.807) is 18.2 Å². The van der Waals surface area contributed by atoms with Gasteiger partial charge in [0.05, 0.1) is 5.41 Å². The zero-order valence-electron chi connectivity index (χ0n) is 10.9. The van der Waals surface area contributed by atoms with Crippen LogP contribution in [0.25, 0.3) is 0 Å². The molecule has 0 saturated heterocycles. The van der Waals surface area contributed by atoms with Gasteiger partial charge in [-0.25, -0.2) is 0 Å². The van der Waals surface area contributed by atoms with E-state index in [-0.39, 0.29) is 12.5 Å². The average Bonchev–Trinajstić information content (AvgIpc) is 2.30. The maximum absolute atomic E-state index is 12.0. The molecular weight excluding hydrogens is 244 g/mol. The molecule has 0 aliphatic heterocycles. The topological polar surface area (TPSA) is 92.4 Å². The molecule has 0 aromatic heterocycles. The van der Waals surface area contributed by atoms with Crippen LogP contribution in [0.1, 0.15) is 35.2 Å². The molecule has 5 nitrogen and oxygen atoms in total. The van der Waals surface area contributed by atoms with Crippen LogP contribution in [0.15, 0.2) is 18.2 Å². The first-order valence-electron chi connectivity index (χ1n) is 6.32. The van der Waals surface area contributed by atoms with E-state index in [1.807, 2.05) is 6.92 Å². The van der Waals surface area contributed by atoms with E-state index in [0.717, 1.165) is 12.0 Å². The van der Waals surface area contributed by atoms with Crippen LogP contribution < -0.4 is 11.1 Å². The molecule has 1 aliphatic carbocycles. The van der Waals surface area contributed by atoms with Crippen molar-refractivity contribution in [3.05, 3.63) is 29.3 Å². The molecule has 1 saturated carbocycles. The molecular formula is C14H18N2O3. The van der Waals surface area contributed by atoms with E-state index < -0.39 is 11.4 Å². The van der Waals surface area contributed by atoms with Gasteiger partial charge in [-0.05, 0) is 43.5 Å². The average molecular weight is 262 g/mol. The second kappa shape index (κ2) is 4.91. The van der Waals surface area contributed by atoms with Crippen molar-refractivity contribution in [3.8, 4) is 0 Å². The summed E-state index contributed by atoms with van der Waals surface area (Å²) in [6.07, 6.45) is 2.16. The molecule has 0 unspecified atom stereocenters. The largest absolute Gasteiger partial charge is 0.481 e. The Balaban J connectivity index is 2.01. The van der Waals surface area contributed by atoms with Gasteiger partial charge in [0.15, 0.2) is 0 Å². The number of anilines is 1. The number of carboxylic acid groups (broad SMARTS) is 1. The smallest absolute Gasteiger partial charge is 0.311 e. The highest BCUT2D eigenvalue weighted by Crippen LogP contribution is 2.40. The summed E-state index contributed by atoms with van der Waals surface area (Å²) in [6.45, 7) is 2.02. The third-order valence-electron chi connectivity index (χ3n) is 3.88. The monoisotopic (exact) mass is 262 g/mol. The summed E-state index contributed by atoms with van der Waals surface area (Å²) >= 11 is 0. The first-order valence-corrected chi connectivity index (χ1v) is 6.32. The summed E-state index contributed by atoms with van der Waals surface area (Å²) in [4.78, 5) is 23.2. The van der Waals surface area contributed by atoms with Crippen molar-refractivity contribution in [2.75, 3.05) is 12.3 Å². The van der Waals surface area contributed by atoms with Crippen LogP contribution in [-0.2, 0) is 4.79 Å². The number of benzene rings is 1. The number of nitrogen functional groups attached to an aromatic ring is 1. The molecule has 1 aromatic carbocycles. The molecule has 0 radical (unpaired) electrons. The first-order chi connectivity index (χ1) is 8.94. The fourth-order valence-electron chi connectivity index (χ4n) is 2.24. The maximum atomic E-state index is 12.0. The highest BCUT2D eigenvalue weighted by atomic mass is 16.4. The van der Waals surface area contributed by atoms with Crippen molar-refractivity contribution in [2.45, 2.75) is 26.2 Å². The standard InChI is InChI=1S/C14H18N2O3/c1-9-7-10(3-4-11(9)15)12(17)16-8-14(13(18)19)5-2-6-14/h3-4,7H,2,5-6,8,15H2,1H3,(H,16,17)(H,18,19). The lowest BCUT2D eigenvalue weighted by Gasteiger charge is -2.37. The van der Waals surface area contributed by atoms with Crippen LogP contribution in [-0.4, -0.2) is 23.5 Å². The molecule has 4 N–H and O–H groups in total. The summed E-state index contributed by atoms with van der Waals surface area (Å²) < 4.78 is 0. The van der Waals surface area contributed by atoms with Crippen LogP contribution in [0.4, 0.5) is 5.69 Å². The van der Waals surface area contributed by atoms with Gasteiger partial charge in [-0.3, -0.25) is 9.59 Å². The lowest BCUT2D eigenvalue weighted by Crippen LogP contribution is -2.47. The van der Waals surface area contributed by atoms with Crippen molar-refractivity contribution in [1.29, 1.82) is 0 Å². The summed E-state index contributed by atoms with van der Waals surface area (Å²) in [7, 11) is 0. The van der Waals surface area contributed by atoms with Gasteiger partial charge in [0.2, 0.25) is 0 Å². The second-order valence-corrected chi connectivity index (χ2v) is 5.19. The number of carboxylic acids is 1. The van der Waals surface area contributed by atoms with Crippen LogP contribution in [0.5, 0.6) is 0 Å². The van der Waals surface area contributed by atoms with Gasteiger partial charge >= 0.3 is 5.97 Å². The van der Waals surface area contributed by atoms with Crippen molar-refractivity contribution in [2.24, 2.45) is 5.41 Å². The van der Waals surface area contributed by atoms with Crippen LogP contribution in [0.3, 0.4) is 0 Å². The zero-order valence-corrected chi connectivity index (χ0v) is 10.9. The summed E-state index contributed by atoms with van der Waals surface area (Å²) in [5, 5.41) is 11.9. The third kappa shape index (κ3) is 2.54. The molecule has 1 aliphatic rings. The Labute approximate surface area is 111 Å². The van der Waals surface area contributed by atoms with Gasteiger partial charge in [-0.1, -0.05) is 6.42 Å². The highest BCUT2D eigenvalue weighted by Gasteiger charge is 2.44. The number of hydrogen-bond acceptors (Lipinski definition) is 3. The number of nitrogens with two attached hydrogens (primary N) is 1. The quantitative estimate of drug-likeness (QED) is 0.718. The van der Waals surface area contributed by atoms with E-state index in [9.17, 15) is 14.7 Å². The van der Waals surface area contributed by atoms with Crippen molar-refractivity contribution in [1.82, 2.24) is 5.32 Å². The zero-order chi connectivity index (χ0) is 14.0. The van der Waals surface area contributed by atoms with Crippen molar-refractivity contribution in [3.63, 3.8) is 0 Å². The molecule has 0 atom stereocenters. The molecule has 1 aromatic rings. The molecule has 102 valence electrons. The number of aliphatic carboxylic acids is 1. The molecule has 19 heavy (non-hydrogen) atoms. The van der Waals surface area contributed by atoms with Gasteiger partial charge < -0.3 is 16.2 Å². The predicted octanol–water partition coefficient (Wildman–Crippen LogP) is 1.56. The normalized spacial score (nSPS) is 16.5. The van der Waals surface area contributed by atoms with E-state index >= 15 is 0 Å². The number of hydrogen-bond donors (Lipinski definition) is 3. The Bertz CT molecular complexity index is 521. The van der Waals surface area contributed by atoms with Gasteiger partial charge in [-0.15, -0.1) is 0 Å². The minimum atomic E-state index is -0.826. The lowest BCUT2D eigenvalue weighted by molar-refractivity contribution is -0.153. The van der Waals surface area contributed by atoms with Gasteiger partial charge in [0.25, 0.3) is 5.91 Å². The summed E-state index contributed by atoms with van der Waals surface area (Å²) in [5.41, 5.74) is 6.91. The molecule has 0 spiro atoms. The minimum Gasteiger partial charge on any atom is -0.481 e. The van der Waals surface area contributed by atoms with Crippen LogP contribution in [0.2, 0.25) is 0 Å². The Morgan fingerprint density at radius 3 is 2.58 bits per heavy atom. The van der Waals surface area contributed by atoms with Gasteiger partial charge in [0.1, 0.15) is 0 Å². The highest BCUT2D eigenvalue weighted by molar-refractivity contribution is 5.95. The number of amides is 1. The predicted molar refractivity (Wildman–Crippen MR) is 71.8 cm³/mol. The second-order valence-electron chi connectivity index (χ2n) is 5.19. The fourth-order valence-corrected chi connectivity index (χ4v) is 2.24. The number of carbonyl (C=O) groups is 2. The van der Waals surface area contributed by atoms with E-state index in [2.05, 4.69) is 5.32 Å². The van der Waals surface area contributed by atoms with Crippen LogP contribution >= 0.6 is 0 Å². The Morgan fingerprint density at radius 2 is 2.11 bits per heavy atom. The van der Waals surface area contributed by atoms with E-state index in [4.69, 9.17) is 5.73 Å². The molecule has 5 heteroatoms.